The van der Waals surface area contributed by atoms with Crippen LogP contribution in [0.15, 0.2) is 34.8 Å². The number of benzene rings is 1. The van der Waals surface area contributed by atoms with E-state index >= 15 is 0 Å². The molecule has 0 radical (unpaired) electrons. The fraction of sp³-hybridized carbons (Fsp3) is 0.250. The molecule has 0 unspecified atom stereocenters. The van der Waals surface area contributed by atoms with Gasteiger partial charge >= 0.3 is 6.18 Å². The highest BCUT2D eigenvalue weighted by Gasteiger charge is 2.30. The normalized spacial score (nSPS) is 11.0. The third-order valence-electron chi connectivity index (χ3n) is 2.18. The number of hydrogen-bond acceptors (Lipinski definition) is 1. The lowest BCUT2D eigenvalue weighted by atomic mass is 10.1. The van der Waals surface area contributed by atoms with Gasteiger partial charge in [0.15, 0.2) is 0 Å². The lowest BCUT2D eigenvalue weighted by Crippen LogP contribution is -2.24. The van der Waals surface area contributed by atoms with Crippen molar-refractivity contribution in [1.29, 1.82) is 0 Å². The van der Waals surface area contributed by atoms with Gasteiger partial charge < -0.3 is 5.32 Å². The molecule has 2 nitrogen and oxygen atoms in total. The Morgan fingerprint density at radius 2 is 2.00 bits per heavy atom. The number of alkyl halides is 3. The largest absolute Gasteiger partial charge is 0.416 e. The van der Waals surface area contributed by atoms with Crippen molar-refractivity contribution in [3.8, 4) is 0 Å². The van der Waals surface area contributed by atoms with Crippen LogP contribution in [-0.2, 0) is 6.18 Å². The molecule has 0 bridgehead atoms. The molecule has 0 fully saturated rings. The summed E-state index contributed by atoms with van der Waals surface area (Å²) in [6.07, 6.45) is -2.59. The Morgan fingerprint density at radius 3 is 2.58 bits per heavy atom. The van der Waals surface area contributed by atoms with Gasteiger partial charge in [-0.3, -0.25) is 4.79 Å². The number of rotatable bonds is 4. The van der Waals surface area contributed by atoms with E-state index in [1.165, 1.54) is 18.2 Å². The molecule has 0 spiro atoms. The van der Waals surface area contributed by atoms with E-state index in [1.807, 2.05) is 0 Å². The Kier molecular flexibility index (Phi) is 5.69. The summed E-state index contributed by atoms with van der Waals surface area (Å²) in [6.45, 7) is 0.234. The van der Waals surface area contributed by atoms with E-state index in [0.29, 0.717) is 6.42 Å². The third-order valence-corrected chi connectivity index (χ3v) is 2.49. The highest BCUT2D eigenvalue weighted by molar-refractivity contribution is 6.55. The first-order valence-corrected chi connectivity index (χ1v) is 6.03. The molecule has 1 N–H and O–H groups in total. The Bertz CT molecular complexity index is 482. The molecule has 0 atom stereocenters. The molecule has 1 aromatic carbocycles. The molecule has 1 aromatic rings. The minimum atomic E-state index is -4.47. The van der Waals surface area contributed by atoms with E-state index in [9.17, 15) is 18.0 Å². The summed E-state index contributed by atoms with van der Waals surface area (Å²) in [5.41, 5.74) is -0.903. The monoisotopic (exact) mass is 311 g/mol. The number of halogens is 5. The number of amides is 1. The van der Waals surface area contributed by atoms with Gasteiger partial charge in [0.25, 0.3) is 5.91 Å². The second-order valence-electron chi connectivity index (χ2n) is 3.62. The average molecular weight is 312 g/mol. The van der Waals surface area contributed by atoms with Crippen molar-refractivity contribution in [2.75, 3.05) is 6.54 Å². The molecule has 1 rings (SSSR count). The first kappa shape index (κ1) is 15.9. The number of carbonyl (C=O) groups is 1. The Labute approximate surface area is 118 Å². The van der Waals surface area contributed by atoms with E-state index in [1.54, 1.807) is 0 Å². The second-order valence-corrected chi connectivity index (χ2v) is 4.62. The smallest absolute Gasteiger partial charge is 0.352 e. The summed E-state index contributed by atoms with van der Waals surface area (Å²) in [5.74, 6) is -0.579. The van der Waals surface area contributed by atoms with Crippen LogP contribution in [0.25, 0.3) is 0 Å². The summed E-state index contributed by atoms with van der Waals surface area (Å²) < 4.78 is 37.5. The number of hydrogen-bond donors (Lipinski definition) is 1. The lowest BCUT2D eigenvalue weighted by Gasteiger charge is -2.08. The zero-order valence-corrected chi connectivity index (χ0v) is 11.1. The topological polar surface area (TPSA) is 29.1 Å². The zero-order valence-electron chi connectivity index (χ0n) is 9.60. The van der Waals surface area contributed by atoms with Crippen molar-refractivity contribution in [2.45, 2.75) is 12.6 Å². The maximum absolute atomic E-state index is 12.5. The van der Waals surface area contributed by atoms with E-state index < -0.39 is 17.6 Å². The molecule has 0 saturated heterocycles. The van der Waals surface area contributed by atoms with Crippen molar-refractivity contribution in [3.63, 3.8) is 0 Å². The van der Waals surface area contributed by atoms with E-state index in [-0.39, 0.29) is 16.6 Å². The summed E-state index contributed by atoms with van der Waals surface area (Å²) in [6, 6.07) is 4.22. The molecule has 0 heterocycles. The third kappa shape index (κ3) is 5.53. The van der Waals surface area contributed by atoms with Crippen LogP contribution in [0.1, 0.15) is 22.3 Å². The molecule has 0 aliphatic heterocycles. The molecule has 0 saturated carbocycles. The van der Waals surface area contributed by atoms with Crippen molar-refractivity contribution >= 4 is 29.1 Å². The van der Waals surface area contributed by atoms with Crippen LogP contribution >= 0.6 is 23.2 Å². The fourth-order valence-electron chi connectivity index (χ4n) is 1.31. The van der Waals surface area contributed by atoms with Gasteiger partial charge in [0, 0.05) is 12.1 Å². The highest BCUT2D eigenvalue weighted by Crippen LogP contribution is 2.29. The molecule has 0 aromatic heterocycles. The number of nitrogens with one attached hydrogen (secondary N) is 1. The van der Waals surface area contributed by atoms with Crippen LogP contribution in [0.3, 0.4) is 0 Å². The molecule has 7 heteroatoms. The van der Waals surface area contributed by atoms with Gasteiger partial charge in [0.05, 0.1) is 5.56 Å². The van der Waals surface area contributed by atoms with Crippen LogP contribution in [0.2, 0.25) is 0 Å². The van der Waals surface area contributed by atoms with Crippen molar-refractivity contribution in [2.24, 2.45) is 0 Å². The van der Waals surface area contributed by atoms with Gasteiger partial charge in [-0.2, -0.15) is 13.2 Å². The summed E-state index contributed by atoms with van der Waals surface area (Å²) >= 11 is 10.7. The van der Waals surface area contributed by atoms with E-state index in [2.05, 4.69) is 5.32 Å². The van der Waals surface area contributed by atoms with Gasteiger partial charge in [-0.25, -0.2) is 0 Å². The molecule has 19 heavy (non-hydrogen) atoms. The van der Waals surface area contributed by atoms with Gasteiger partial charge in [0.1, 0.15) is 4.49 Å². The minimum absolute atomic E-state index is 0.0456. The van der Waals surface area contributed by atoms with Crippen LogP contribution in [0.5, 0.6) is 0 Å². The van der Waals surface area contributed by atoms with Crippen molar-refractivity contribution < 1.29 is 18.0 Å². The predicted octanol–water partition coefficient (Wildman–Crippen LogP) is 4.14. The minimum Gasteiger partial charge on any atom is -0.352 e. The zero-order chi connectivity index (χ0) is 14.5. The summed E-state index contributed by atoms with van der Waals surface area (Å²) in [5, 5.41) is 2.46. The van der Waals surface area contributed by atoms with Crippen LogP contribution in [0, 0.1) is 0 Å². The van der Waals surface area contributed by atoms with Crippen LogP contribution < -0.4 is 5.32 Å². The predicted molar refractivity (Wildman–Crippen MR) is 68.2 cm³/mol. The average Bonchev–Trinajstić information content (AvgIpc) is 2.33. The van der Waals surface area contributed by atoms with Crippen molar-refractivity contribution in [3.05, 3.63) is 46.0 Å². The van der Waals surface area contributed by atoms with Gasteiger partial charge in [-0.05, 0) is 24.6 Å². The molecule has 1 amide bonds. The first-order valence-electron chi connectivity index (χ1n) is 5.27. The Balaban J connectivity index is 2.65. The maximum Gasteiger partial charge on any atom is 0.416 e. The molecular weight excluding hydrogens is 302 g/mol. The summed E-state index contributed by atoms with van der Waals surface area (Å²) in [7, 11) is 0. The van der Waals surface area contributed by atoms with Gasteiger partial charge in [-0.15, -0.1) is 0 Å². The maximum atomic E-state index is 12.5. The highest BCUT2D eigenvalue weighted by atomic mass is 35.5. The summed E-state index contributed by atoms with van der Waals surface area (Å²) in [4.78, 5) is 11.6. The van der Waals surface area contributed by atoms with Crippen molar-refractivity contribution in [1.82, 2.24) is 5.32 Å². The molecular formula is C12H10Cl2F3NO. The number of carbonyl (C=O) groups excluding carboxylic acids is 1. The van der Waals surface area contributed by atoms with E-state index in [4.69, 9.17) is 23.2 Å². The second kappa shape index (κ2) is 6.82. The SMILES string of the molecule is O=C(NCCC=C(Cl)Cl)c1cccc(C(F)(F)F)c1. The molecule has 0 aliphatic carbocycles. The molecule has 104 valence electrons. The quantitative estimate of drug-likeness (QED) is 0.832. The molecule has 0 aliphatic rings. The Hall–Kier alpha value is -1.20. The first-order chi connectivity index (χ1) is 8.80. The van der Waals surface area contributed by atoms with E-state index in [0.717, 1.165) is 12.1 Å². The van der Waals surface area contributed by atoms with Crippen LogP contribution in [0.4, 0.5) is 13.2 Å². The Morgan fingerprint density at radius 1 is 1.32 bits per heavy atom. The fourth-order valence-corrected chi connectivity index (χ4v) is 1.52. The van der Waals surface area contributed by atoms with Crippen LogP contribution in [-0.4, -0.2) is 12.5 Å². The van der Waals surface area contributed by atoms with Gasteiger partial charge in [0.2, 0.25) is 0 Å². The standard InChI is InChI=1S/C12H10Cl2F3NO/c13-10(14)5-2-6-18-11(19)8-3-1-4-9(7-8)12(15,16)17/h1,3-5,7H,2,6H2,(H,18,19). The lowest BCUT2D eigenvalue weighted by molar-refractivity contribution is -0.137. The van der Waals surface area contributed by atoms with Gasteiger partial charge in [-0.1, -0.05) is 35.3 Å².